The van der Waals surface area contributed by atoms with E-state index in [2.05, 4.69) is 39.3 Å². The number of nitro groups is 1. The lowest BCUT2D eigenvalue weighted by Crippen LogP contribution is -2.19. The second-order valence-corrected chi connectivity index (χ2v) is 6.42. The third-order valence-electron chi connectivity index (χ3n) is 4.04. The van der Waals surface area contributed by atoms with Gasteiger partial charge in [0.05, 0.1) is 28.4 Å². The van der Waals surface area contributed by atoms with E-state index in [1.807, 2.05) is 0 Å². The van der Waals surface area contributed by atoms with Gasteiger partial charge in [-0.15, -0.1) is 0 Å². The Hall–Kier alpha value is -5.35. The second-order valence-electron chi connectivity index (χ2n) is 6.42. The van der Waals surface area contributed by atoms with E-state index in [4.69, 9.17) is 11.5 Å². The van der Waals surface area contributed by atoms with Gasteiger partial charge < -0.3 is 22.1 Å². The van der Waals surface area contributed by atoms with Crippen LogP contribution in [0.3, 0.4) is 0 Å². The number of nitrogens with zero attached hydrogens (tertiary/aromatic N) is 2. The van der Waals surface area contributed by atoms with Crippen molar-refractivity contribution in [3.8, 4) is 23.7 Å². The van der Waals surface area contributed by atoms with Crippen molar-refractivity contribution in [2.24, 2.45) is 11.5 Å². The largest absolute Gasteiger partial charge is 0.351 e. The summed E-state index contributed by atoms with van der Waals surface area (Å²) in [5.74, 6) is 11.1. The number of benzene rings is 2. The Kier molecular flexibility index (Phi) is 6.84. The summed E-state index contributed by atoms with van der Waals surface area (Å²) in [5, 5.41) is 16.3. The van der Waals surface area contributed by atoms with Gasteiger partial charge in [-0.3, -0.25) is 10.1 Å². The molecular formula is C23H16N6O4. The number of aromatic nitrogens is 1. The van der Waals surface area contributed by atoms with Crippen LogP contribution in [-0.4, -0.2) is 22.0 Å². The number of hydrogen-bond donors (Lipinski definition) is 4. The number of nitrogens with two attached hydrogens (primary N) is 2. The second kappa shape index (κ2) is 10.1. The molecule has 0 saturated heterocycles. The molecule has 0 bridgehead atoms. The van der Waals surface area contributed by atoms with E-state index in [1.54, 1.807) is 48.5 Å². The first-order valence-corrected chi connectivity index (χ1v) is 9.33. The first-order valence-electron chi connectivity index (χ1n) is 9.33. The van der Waals surface area contributed by atoms with Gasteiger partial charge in [-0.1, -0.05) is 36.1 Å². The first-order chi connectivity index (χ1) is 15.8. The van der Waals surface area contributed by atoms with Gasteiger partial charge in [-0.05, 0) is 36.1 Å². The molecule has 10 nitrogen and oxygen atoms in total. The fourth-order valence-electron chi connectivity index (χ4n) is 2.68. The molecule has 1 aromatic heterocycles. The summed E-state index contributed by atoms with van der Waals surface area (Å²) in [6.45, 7) is 0. The van der Waals surface area contributed by atoms with Gasteiger partial charge in [0.25, 0.3) is 5.69 Å². The average Bonchev–Trinajstić information content (AvgIpc) is 2.77. The smallest absolute Gasteiger partial charge is 0.316 e. The van der Waals surface area contributed by atoms with Crippen LogP contribution in [0.25, 0.3) is 0 Å². The van der Waals surface area contributed by atoms with Crippen molar-refractivity contribution in [1.29, 1.82) is 0 Å². The zero-order valence-corrected chi connectivity index (χ0v) is 17.0. The third kappa shape index (κ3) is 6.31. The number of rotatable bonds is 3. The van der Waals surface area contributed by atoms with Crippen LogP contribution in [0.2, 0.25) is 0 Å². The minimum absolute atomic E-state index is 0.103. The molecular weight excluding hydrogens is 424 g/mol. The number of primary amides is 2. The highest BCUT2D eigenvalue weighted by Crippen LogP contribution is 2.17. The predicted molar refractivity (Wildman–Crippen MR) is 122 cm³/mol. The van der Waals surface area contributed by atoms with Gasteiger partial charge in [-0.2, -0.15) is 0 Å². The maximum Gasteiger partial charge on any atom is 0.316 e. The number of anilines is 2. The molecule has 0 atom stereocenters. The molecule has 33 heavy (non-hydrogen) atoms. The van der Waals surface area contributed by atoms with Gasteiger partial charge in [0.1, 0.15) is 11.4 Å². The van der Waals surface area contributed by atoms with Crippen LogP contribution in [0.5, 0.6) is 0 Å². The minimum Gasteiger partial charge on any atom is -0.351 e. The molecule has 3 rings (SSSR count). The highest BCUT2D eigenvalue weighted by molar-refractivity contribution is 5.90. The van der Waals surface area contributed by atoms with E-state index in [0.717, 1.165) is 0 Å². The molecule has 0 saturated carbocycles. The molecule has 6 N–H and O–H groups in total. The van der Waals surface area contributed by atoms with E-state index >= 15 is 0 Å². The number of nitrogens with one attached hydrogen (secondary N) is 2. The minimum atomic E-state index is -0.749. The highest BCUT2D eigenvalue weighted by Gasteiger charge is 2.10. The summed E-state index contributed by atoms with van der Waals surface area (Å²) >= 11 is 0. The Morgan fingerprint density at radius 3 is 1.61 bits per heavy atom. The topological polar surface area (TPSA) is 166 Å². The van der Waals surface area contributed by atoms with Gasteiger partial charge in [0.15, 0.2) is 0 Å². The van der Waals surface area contributed by atoms with Crippen LogP contribution in [0.1, 0.15) is 22.5 Å². The predicted octanol–water partition coefficient (Wildman–Crippen LogP) is 2.77. The first kappa shape index (κ1) is 22.3. The summed E-state index contributed by atoms with van der Waals surface area (Å²) in [7, 11) is 0. The van der Waals surface area contributed by atoms with E-state index in [-0.39, 0.29) is 17.1 Å². The number of carbonyl (C=O) groups excluding carboxylic acids is 2. The Labute approximate surface area is 188 Å². The van der Waals surface area contributed by atoms with E-state index in [9.17, 15) is 19.7 Å². The molecule has 162 valence electrons. The van der Waals surface area contributed by atoms with E-state index in [1.165, 1.54) is 12.1 Å². The van der Waals surface area contributed by atoms with Crippen LogP contribution < -0.4 is 22.1 Å². The summed E-state index contributed by atoms with van der Waals surface area (Å²) < 4.78 is 0. The summed E-state index contributed by atoms with van der Waals surface area (Å²) in [6.07, 6.45) is 0. The lowest BCUT2D eigenvalue weighted by atomic mass is 10.1. The zero-order valence-electron chi connectivity index (χ0n) is 17.0. The molecule has 2 aromatic carbocycles. The summed E-state index contributed by atoms with van der Waals surface area (Å²) in [4.78, 5) is 37.4. The lowest BCUT2D eigenvalue weighted by molar-refractivity contribution is -0.385. The van der Waals surface area contributed by atoms with Gasteiger partial charge in [-0.25, -0.2) is 14.6 Å². The van der Waals surface area contributed by atoms with Crippen LogP contribution in [0.15, 0.2) is 60.7 Å². The quantitative estimate of drug-likeness (QED) is 0.279. The molecule has 4 amide bonds. The SMILES string of the molecule is NC(=O)Nc1ccccc1C#Cc1cc([N+](=O)[O-])cc(C#Cc2ccccc2NC(N)=O)n1. The summed E-state index contributed by atoms with van der Waals surface area (Å²) in [6, 6.07) is 14.3. The van der Waals surface area contributed by atoms with Crippen LogP contribution in [-0.2, 0) is 0 Å². The normalized spacial score (nSPS) is 9.45. The molecule has 0 fully saturated rings. The lowest BCUT2D eigenvalue weighted by Gasteiger charge is -2.04. The number of para-hydroxylation sites is 2. The Balaban J connectivity index is 2.00. The molecule has 0 aliphatic carbocycles. The average molecular weight is 440 g/mol. The number of hydrogen-bond acceptors (Lipinski definition) is 5. The van der Waals surface area contributed by atoms with Crippen molar-refractivity contribution in [2.75, 3.05) is 10.6 Å². The number of urea groups is 2. The van der Waals surface area contributed by atoms with Gasteiger partial charge in [0, 0.05) is 11.1 Å². The number of carbonyl (C=O) groups is 2. The number of pyridine rings is 1. The van der Waals surface area contributed by atoms with Crippen LogP contribution in [0, 0.1) is 33.8 Å². The standard InChI is InChI=1S/C23H16N6O4/c24-22(30)27-20-7-3-1-5-15(20)9-11-17-13-19(29(32)33)14-18(26-17)12-10-16-6-2-4-8-21(16)28-23(25)31/h1-8,13-14H,(H3,24,27,30)(H3,25,28,31). The van der Waals surface area contributed by atoms with Gasteiger partial charge >= 0.3 is 12.1 Å². The Bertz CT molecular complexity index is 1280. The molecule has 0 radical (unpaired) electrons. The zero-order chi connectivity index (χ0) is 23.8. The Morgan fingerprint density at radius 1 is 0.788 bits per heavy atom. The molecule has 10 heteroatoms. The highest BCUT2D eigenvalue weighted by atomic mass is 16.6. The van der Waals surface area contributed by atoms with Crippen molar-refractivity contribution in [1.82, 2.24) is 4.98 Å². The number of amides is 4. The molecule has 0 aliphatic rings. The van der Waals surface area contributed by atoms with E-state index in [0.29, 0.717) is 22.5 Å². The Morgan fingerprint density at radius 2 is 1.21 bits per heavy atom. The summed E-state index contributed by atoms with van der Waals surface area (Å²) in [5.41, 5.74) is 12.0. The van der Waals surface area contributed by atoms with Crippen LogP contribution in [0.4, 0.5) is 26.7 Å². The fraction of sp³-hybridized carbons (Fsp3) is 0. The van der Waals surface area contributed by atoms with Crippen molar-refractivity contribution >= 4 is 29.1 Å². The van der Waals surface area contributed by atoms with Crippen molar-refractivity contribution in [3.05, 3.63) is 93.3 Å². The van der Waals surface area contributed by atoms with Crippen LogP contribution >= 0.6 is 0 Å². The molecule has 0 spiro atoms. The van der Waals surface area contributed by atoms with Crippen molar-refractivity contribution in [2.45, 2.75) is 0 Å². The van der Waals surface area contributed by atoms with Crippen molar-refractivity contribution in [3.63, 3.8) is 0 Å². The molecule has 3 aromatic rings. The van der Waals surface area contributed by atoms with E-state index < -0.39 is 17.0 Å². The maximum atomic E-state index is 11.4. The van der Waals surface area contributed by atoms with Crippen molar-refractivity contribution < 1.29 is 14.5 Å². The molecule has 0 unspecified atom stereocenters. The van der Waals surface area contributed by atoms with Gasteiger partial charge in [0.2, 0.25) is 0 Å². The molecule has 0 aliphatic heterocycles. The monoisotopic (exact) mass is 440 g/mol. The fourth-order valence-corrected chi connectivity index (χ4v) is 2.68. The maximum absolute atomic E-state index is 11.4. The molecule has 1 heterocycles. The third-order valence-corrected chi connectivity index (χ3v) is 4.04.